The van der Waals surface area contributed by atoms with Crippen LogP contribution in [0.25, 0.3) is 9.69 Å². The summed E-state index contributed by atoms with van der Waals surface area (Å²) >= 11 is 2.79. The Bertz CT molecular complexity index is 215. The first-order valence-corrected chi connectivity index (χ1v) is 5.70. The molecule has 2 N–H and O–H groups in total. The van der Waals surface area contributed by atoms with Gasteiger partial charge in [0, 0.05) is 0 Å². The van der Waals surface area contributed by atoms with Crippen molar-refractivity contribution >= 4 is 23.6 Å². The molecule has 1 heterocycles. The average Bonchev–Trinajstić information content (AvgIpc) is 2.30. The summed E-state index contributed by atoms with van der Waals surface area (Å²) in [7, 11) is -0.285. The van der Waals surface area contributed by atoms with E-state index in [-0.39, 0.29) is 21.5 Å². The van der Waals surface area contributed by atoms with Crippen molar-refractivity contribution in [3.05, 3.63) is 22.8 Å². The van der Waals surface area contributed by atoms with Gasteiger partial charge in [-0.2, -0.15) is 0 Å². The van der Waals surface area contributed by atoms with Gasteiger partial charge in [0.05, 0.1) is 0 Å². The van der Waals surface area contributed by atoms with E-state index in [2.05, 4.69) is 33.5 Å². The van der Waals surface area contributed by atoms with Crippen LogP contribution in [-0.2, 0) is 0 Å². The van der Waals surface area contributed by atoms with Gasteiger partial charge >= 0.3 is 68.2 Å². The van der Waals surface area contributed by atoms with Crippen molar-refractivity contribution < 1.29 is 0 Å². The second-order valence-electron chi connectivity index (χ2n) is 1.65. The van der Waals surface area contributed by atoms with Crippen LogP contribution in [0.1, 0.15) is 0 Å². The Balaban J connectivity index is 2.71. The van der Waals surface area contributed by atoms with Crippen molar-refractivity contribution in [3.8, 4) is 0 Å². The zero-order chi connectivity index (χ0) is 7.56. The van der Waals surface area contributed by atoms with E-state index < -0.39 is 0 Å². The summed E-state index contributed by atoms with van der Waals surface area (Å²) in [6, 6.07) is 0. The van der Waals surface area contributed by atoms with Crippen molar-refractivity contribution in [3.63, 3.8) is 0 Å². The van der Waals surface area contributed by atoms with E-state index in [9.17, 15) is 0 Å². The zero-order valence-electron chi connectivity index (χ0n) is 4.87. The minimum atomic E-state index is -0.387. The van der Waals surface area contributed by atoms with Gasteiger partial charge in [-0.3, -0.25) is 0 Å². The third-order valence-electron chi connectivity index (χ3n) is 1.03. The van der Waals surface area contributed by atoms with E-state index in [1.807, 2.05) is 0 Å². The van der Waals surface area contributed by atoms with Gasteiger partial charge < -0.3 is 0 Å². The van der Waals surface area contributed by atoms with Gasteiger partial charge in [0.15, 0.2) is 0 Å². The fourth-order valence-electron chi connectivity index (χ4n) is 0.576. The quantitative estimate of drug-likeness (QED) is 0.439. The Morgan fingerprint density at radius 1 is 1.20 bits per heavy atom. The Morgan fingerprint density at radius 3 is 1.90 bits per heavy atom. The first kappa shape index (κ1) is 7.87. The molecular weight excluding hydrogens is 215 g/mol. The first-order chi connectivity index (χ1) is 4.77. The van der Waals surface area contributed by atoms with Gasteiger partial charge in [0.25, 0.3) is 0 Å². The van der Waals surface area contributed by atoms with E-state index in [1.54, 1.807) is 0 Å². The van der Waals surface area contributed by atoms with Gasteiger partial charge in [-0.25, -0.2) is 0 Å². The Hall–Kier alpha value is -0.231. The maximum absolute atomic E-state index is 6.69. The number of nitrogens with zero attached hydrogens (tertiary/aromatic N) is 2. The molecule has 0 spiro atoms. The van der Waals surface area contributed by atoms with Crippen molar-refractivity contribution in [1.82, 2.24) is 9.44 Å². The second kappa shape index (κ2) is 3.25. The summed E-state index contributed by atoms with van der Waals surface area (Å²) in [5.41, 5.74) is 0. The molecule has 1 saturated heterocycles. The van der Waals surface area contributed by atoms with Gasteiger partial charge in [-0.1, -0.05) is 0 Å². The Morgan fingerprint density at radius 2 is 1.60 bits per heavy atom. The minimum absolute atomic E-state index is 0.285. The van der Waals surface area contributed by atoms with Gasteiger partial charge in [0.2, 0.25) is 0 Å². The summed E-state index contributed by atoms with van der Waals surface area (Å²) in [4.78, 5) is 6.48. The molecule has 0 aromatic rings. The Kier molecular flexibility index (Phi) is 2.56. The van der Waals surface area contributed by atoms with E-state index in [4.69, 9.17) is 13.1 Å². The van der Waals surface area contributed by atoms with Crippen molar-refractivity contribution in [1.29, 1.82) is 0 Å². The number of hydrogen-bond donors (Lipinski definition) is 2. The molecule has 10 heavy (non-hydrogen) atoms. The monoisotopic (exact) mass is 220 g/mol. The molecule has 0 radical (unpaired) electrons. The fraction of sp³-hybridized carbons (Fsp3) is 0.500. The fourth-order valence-corrected chi connectivity index (χ4v) is 2.69. The van der Waals surface area contributed by atoms with Gasteiger partial charge in [0.1, 0.15) is 0 Å². The maximum atomic E-state index is 6.69. The molecular formula is C4H4N4SSe. The topological polar surface area (TPSA) is 32.8 Å². The molecule has 2 unspecified atom stereocenters. The molecule has 0 aromatic carbocycles. The van der Waals surface area contributed by atoms with Gasteiger partial charge in [-0.15, -0.1) is 0 Å². The molecule has 4 nitrogen and oxygen atoms in total. The van der Waals surface area contributed by atoms with Crippen LogP contribution < -0.4 is 9.44 Å². The van der Waals surface area contributed by atoms with E-state index in [0.717, 1.165) is 0 Å². The van der Waals surface area contributed by atoms with Crippen molar-refractivity contribution in [2.75, 3.05) is 0 Å². The van der Waals surface area contributed by atoms with Crippen LogP contribution in [0.3, 0.4) is 0 Å². The summed E-state index contributed by atoms with van der Waals surface area (Å²) in [6.07, 6.45) is -0.774. The average molecular weight is 219 g/mol. The zero-order valence-corrected chi connectivity index (χ0v) is 7.40. The number of nitrogens with one attached hydrogen (secondary N) is 2. The molecule has 0 aliphatic carbocycles. The molecule has 1 aliphatic rings. The second-order valence-corrected chi connectivity index (χ2v) is 4.76. The van der Waals surface area contributed by atoms with Crippen LogP contribution >= 0.6 is 9.19 Å². The molecule has 0 saturated carbocycles. The van der Waals surface area contributed by atoms with E-state index >= 15 is 0 Å². The normalized spacial score (nSPS) is 38.4. The molecule has 1 fully saturated rings. The van der Waals surface area contributed by atoms with E-state index in [1.165, 1.54) is 0 Å². The predicted molar refractivity (Wildman–Crippen MR) is 40.4 cm³/mol. The molecule has 0 aromatic heterocycles. The molecule has 52 valence electrons. The SMILES string of the molecule is [C-]#[N+]C1NS(=[Se])NC1[N+]#[C-]. The number of rotatable bonds is 0. The molecule has 0 amide bonds. The summed E-state index contributed by atoms with van der Waals surface area (Å²) in [6.45, 7) is 13.4. The standard InChI is InChI=1S/C4H4N4SSe/c1-5-3-4(6-2)8-9(10)7-3/h3-4,7-8H. The summed E-state index contributed by atoms with van der Waals surface area (Å²) in [5, 5.41) is 0. The molecule has 1 aliphatic heterocycles. The summed E-state index contributed by atoms with van der Waals surface area (Å²) < 4.78 is 5.80. The molecule has 0 bridgehead atoms. The van der Waals surface area contributed by atoms with Crippen LogP contribution in [0, 0.1) is 13.1 Å². The number of hydrogen-bond acceptors (Lipinski definition) is 2. The molecule has 1 rings (SSSR count). The van der Waals surface area contributed by atoms with Crippen LogP contribution in [0.15, 0.2) is 0 Å². The summed E-state index contributed by atoms with van der Waals surface area (Å²) in [5.74, 6) is 0. The van der Waals surface area contributed by atoms with Crippen molar-refractivity contribution in [2.24, 2.45) is 0 Å². The van der Waals surface area contributed by atoms with Crippen LogP contribution in [0.5, 0.6) is 0 Å². The molecule has 6 heteroatoms. The third kappa shape index (κ3) is 1.43. The van der Waals surface area contributed by atoms with Crippen LogP contribution in [0.2, 0.25) is 0 Å². The van der Waals surface area contributed by atoms with Crippen LogP contribution in [-0.4, -0.2) is 26.7 Å². The molecule has 2 atom stereocenters. The van der Waals surface area contributed by atoms with E-state index in [0.29, 0.717) is 0 Å². The Labute approximate surface area is 68.5 Å². The first-order valence-electron chi connectivity index (χ1n) is 2.45. The van der Waals surface area contributed by atoms with Crippen LogP contribution in [0.4, 0.5) is 0 Å². The third-order valence-corrected chi connectivity index (χ3v) is 3.16. The van der Waals surface area contributed by atoms with Crippen molar-refractivity contribution in [2.45, 2.75) is 12.3 Å². The van der Waals surface area contributed by atoms with Gasteiger partial charge in [-0.05, 0) is 0 Å². The predicted octanol–water partition coefficient (Wildman–Crippen LogP) is -0.148.